The number of hydrogen-bond acceptors (Lipinski definition) is 5. The van der Waals surface area contributed by atoms with E-state index in [0.717, 1.165) is 16.8 Å². The van der Waals surface area contributed by atoms with Crippen LogP contribution in [0.1, 0.15) is 56.6 Å². The lowest BCUT2D eigenvalue weighted by Gasteiger charge is -2.37. The molecular formula is C27H28ClNO4. The summed E-state index contributed by atoms with van der Waals surface area (Å²) in [5.41, 5.74) is 4.45. The minimum absolute atomic E-state index is 0.0157. The molecule has 2 aromatic rings. The van der Waals surface area contributed by atoms with E-state index in [1.165, 1.54) is 7.11 Å². The van der Waals surface area contributed by atoms with E-state index in [-0.39, 0.29) is 17.8 Å². The van der Waals surface area contributed by atoms with Crippen molar-refractivity contribution in [3.05, 3.63) is 87.2 Å². The molecule has 1 N–H and O–H groups in total. The average molecular weight is 466 g/mol. The summed E-state index contributed by atoms with van der Waals surface area (Å²) in [6.07, 6.45) is 0.974. The second kappa shape index (κ2) is 9.44. The van der Waals surface area contributed by atoms with E-state index in [4.69, 9.17) is 21.1 Å². The SMILES string of the molecule is COC(=O)C1=C(C)NC2=C(C(=O)C[C@H](c3ccc(Cl)cc3)C2)[C@@H]1c1ccccc1OC(C)C. The van der Waals surface area contributed by atoms with Crippen LogP contribution in [0.15, 0.2) is 71.1 Å². The Bertz CT molecular complexity index is 1150. The summed E-state index contributed by atoms with van der Waals surface area (Å²) in [7, 11) is 1.36. The number of carbonyl (C=O) groups excluding carboxylic acids is 2. The molecule has 0 aromatic heterocycles. The van der Waals surface area contributed by atoms with Gasteiger partial charge < -0.3 is 14.8 Å². The van der Waals surface area contributed by atoms with Crippen LogP contribution in [0.3, 0.4) is 0 Å². The molecule has 1 heterocycles. The number of para-hydroxylation sites is 1. The van der Waals surface area contributed by atoms with Gasteiger partial charge in [0.1, 0.15) is 5.75 Å². The molecular weight excluding hydrogens is 438 g/mol. The van der Waals surface area contributed by atoms with Crippen molar-refractivity contribution < 1.29 is 19.1 Å². The standard InChI is InChI=1S/C27H28ClNO4/c1-15(2)33-23-8-6-5-7-20(23)25-24(27(31)32-4)16(3)29-21-13-18(14-22(30)26(21)25)17-9-11-19(28)12-10-17/h5-12,15,18,25,29H,13-14H2,1-4H3/t18-,25-/m1/s1. The number of allylic oxidation sites excluding steroid dienone is 3. The first kappa shape index (κ1) is 23.1. The summed E-state index contributed by atoms with van der Waals surface area (Å²) >= 11 is 6.06. The summed E-state index contributed by atoms with van der Waals surface area (Å²) in [4.78, 5) is 26.5. The van der Waals surface area contributed by atoms with Crippen LogP contribution in [0.2, 0.25) is 5.02 Å². The van der Waals surface area contributed by atoms with E-state index in [1.807, 2.05) is 69.3 Å². The van der Waals surface area contributed by atoms with Crippen molar-refractivity contribution in [2.24, 2.45) is 0 Å². The van der Waals surface area contributed by atoms with Gasteiger partial charge in [-0.3, -0.25) is 4.79 Å². The lowest BCUT2D eigenvalue weighted by molar-refractivity contribution is -0.136. The van der Waals surface area contributed by atoms with Crippen LogP contribution in [-0.2, 0) is 14.3 Å². The molecule has 0 unspecified atom stereocenters. The number of ketones is 1. The average Bonchev–Trinajstić information content (AvgIpc) is 2.78. The van der Waals surface area contributed by atoms with Gasteiger partial charge in [0.05, 0.1) is 24.7 Å². The quantitative estimate of drug-likeness (QED) is 0.577. The van der Waals surface area contributed by atoms with Crippen molar-refractivity contribution in [3.63, 3.8) is 0 Å². The van der Waals surface area contributed by atoms with E-state index in [0.29, 0.717) is 40.5 Å². The van der Waals surface area contributed by atoms with Crippen LogP contribution in [0.25, 0.3) is 0 Å². The third-order valence-corrected chi connectivity index (χ3v) is 6.42. The molecule has 5 nitrogen and oxygen atoms in total. The minimum atomic E-state index is -0.553. The molecule has 0 saturated carbocycles. The fourth-order valence-electron chi connectivity index (χ4n) is 4.78. The Hall–Kier alpha value is -3.05. The predicted molar refractivity (Wildman–Crippen MR) is 128 cm³/mol. The monoisotopic (exact) mass is 465 g/mol. The van der Waals surface area contributed by atoms with E-state index < -0.39 is 11.9 Å². The highest BCUT2D eigenvalue weighted by Gasteiger charge is 2.42. The molecule has 172 valence electrons. The number of hydrogen-bond donors (Lipinski definition) is 1. The van der Waals surface area contributed by atoms with Gasteiger partial charge in [-0.15, -0.1) is 0 Å². The van der Waals surface area contributed by atoms with Crippen molar-refractivity contribution in [3.8, 4) is 5.75 Å². The van der Waals surface area contributed by atoms with E-state index in [1.54, 1.807) is 0 Å². The van der Waals surface area contributed by atoms with Crippen molar-refractivity contribution >= 4 is 23.4 Å². The van der Waals surface area contributed by atoms with E-state index in [2.05, 4.69) is 5.32 Å². The van der Waals surface area contributed by atoms with Crippen LogP contribution in [0, 0.1) is 0 Å². The predicted octanol–water partition coefficient (Wildman–Crippen LogP) is 5.66. The maximum Gasteiger partial charge on any atom is 0.336 e. The Kier molecular flexibility index (Phi) is 6.61. The number of nitrogens with one attached hydrogen (secondary N) is 1. The zero-order valence-electron chi connectivity index (χ0n) is 19.3. The molecule has 1 aliphatic heterocycles. The number of ether oxygens (including phenoxy) is 2. The molecule has 0 spiro atoms. The zero-order valence-corrected chi connectivity index (χ0v) is 20.0. The van der Waals surface area contributed by atoms with Crippen molar-refractivity contribution in [1.29, 1.82) is 0 Å². The first-order valence-corrected chi connectivity index (χ1v) is 11.5. The van der Waals surface area contributed by atoms with Gasteiger partial charge in [0.15, 0.2) is 5.78 Å². The molecule has 0 amide bonds. The molecule has 0 saturated heterocycles. The van der Waals surface area contributed by atoms with Gasteiger partial charge in [-0.1, -0.05) is 41.9 Å². The highest BCUT2D eigenvalue weighted by Crippen LogP contribution is 2.47. The smallest absolute Gasteiger partial charge is 0.336 e. The summed E-state index contributed by atoms with van der Waals surface area (Å²) in [6, 6.07) is 15.2. The van der Waals surface area contributed by atoms with Gasteiger partial charge in [-0.2, -0.15) is 0 Å². The van der Waals surface area contributed by atoms with Gasteiger partial charge in [0.2, 0.25) is 0 Å². The minimum Gasteiger partial charge on any atom is -0.491 e. The lowest BCUT2D eigenvalue weighted by Crippen LogP contribution is -2.36. The molecule has 1 aliphatic carbocycles. The third kappa shape index (κ3) is 4.55. The highest BCUT2D eigenvalue weighted by molar-refractivity contribution is 6.30. The number of halogens is 1. The van der Waals surface area contributed by atoms with Crippen molar-refractivity contribution in [2.45, 2.75) is 51.6 Å². The molecule has 6 heteroatoms. The first-order valence-electron chi connectivity index (χ1n) is 11.1. The molecule has 0 bridgehead atoms. The number of carbonyl (C=O) groups is 2. The number of rotatable bonds is 5. The molecule has 33 heavy (non-hydrogen) atoms. The Morgan fingerprint density at radius 2 is 1.79 bits per heavy atom. The molecule has 0 fully saturated rings. The molecule has 2 atom stereocenters. The maximum absolute atomic E-state index is 13.6. The second-order valence-electron chi connectivity index (χ2n) is 8.76. The van der Waals surface area contributed by atoms with Crippen LogP contribution in [-0.4, -0.2) is 25.0 Å². The summed E-state index contributed by atoms with van der Waals surface area (Å²) in [6.45, 7) is 5.76. The van der Waals surface area contributed by atoms with Gasteiger partial charge in [0.25, 0.3) is 0 Å². The third-order valence-electron chi connectivity index (χ3n) is 6.17. The molecule has 2 aromatic carbocycles. The number of dihydropyridines is 1. The number of benzene rings is 2. The Morgan fingerprint density at radius 1 is 1.09 bits per heavy atom. The number of methoxy groups -OCH3 is 1. The fourth-order valence-corrected chi connectivity index (χ4v) is 4.91. The summed E-state index contributed by atoms with van der Waals surface area (Å²) < 4.78 is 11.2. The Morgan fingerprint density at radius 3 is 2.45 bits per heavy atom. The van der Waals surface area contributed by atoms with Gasteiger partial charge in [-0.25, -0.2) is 4.79 Å². The van der Waals surface area contributed by atoms with Gasteiger partial charge in [0, 0.05) is 34.0 Å². The van der Waals surface area contributed by atoms with Gasteiger partial charge >= 0.3 is 5.97 Å². The normalized spacial score (nSPS) is 20.5. The molecule has 2 aliphatic rings. The summed E-state index contributed by atoms with van der Waals surface area (Å²) in [5.74, 6) is -0.294. The first-order chi connectivity index (χ1) is 15.8. The molecule has 4 rings (SSSR count). The molecule has 0 radical (unpaired) electrons. The largest absolute Gasteiger partial charge is 0.491 e. The highest BCUT2D eigenvalue weighted by atomic mass is 35.5. The fraction of sp³-hybridized carbons (Fsp3) is 0.333. The van der Waals surface area contributed by atoms with Crippen LogP contribution >= 0.6 is 11.6 Å². The van der Waals surface area contributed by atoms with Gasteiger partial charge in [-0.05, 0) is 56.9 Å². The van der Waals surface area contributed by atoms with Crippen LogP contribution < -0.4 is 10.1 Å². The summed E-state index contributed by atoms with van der Waals surface area (Å²) in [5, 5.41) is 4.02. The van der Waals surface area contributed by atoms with E-state index >= 15 is 0 Å². The second-order valence-corrected chi connectivity index (χ2v) is 9.20. The lowest BCUT2D eigenvalue weighted by atomic mass is 9.71. The van der Waals surface area contributed by atoms with Crippen molar-refractivity contribution in [1.82, 2.24) is 5.32 Å². The number of Topliss-reactive ketones (excluding diaryl/α,β-unsaturated/α-hetero) is 1. The topological polar surface area (TPSA) is 64.6 Å². The Balaban J connectivity index is 1.83. The Labute approximate surface area is 199 Å². The van der Waals surface area contributed by atoms with E-state index in [9.17, 15) is 9.59 Å². The number of esters is 1. The van der Waals surface area contributed by atoms with Crippen molar-refractivity contribution in [2.75, 3.05) is 7.11 Å². The maximum atomic E-state index is 13.6. The zero-order chi connectivity index (χ0) is 23.7. The van der Waals surface area contributed by atoms with Crippen LogP contribution in [0.4, 0.5) is 0 Å². The van der Waals surface area contributed by atoms with Crippen LogP contribution in [0.5, 0.6) is 5.75 Å².